The summed E-state index contributed by atoms with van der Waals surface area (Å²) in [6, 6.07) is 4.13. The van der Waals surface area contributed by atoms with Crippen LogP contribution in [-0.2, 0) is 0 Å². The summed E-state index contributed by atoms with van der Waals surface area (Å²) in [6.07, 6.45) is 3.37. The predicted molar refractivity (Wildman–Crippen MR) is 80.0 cm³/mol. The monoisotopic (exact) mass is 279 g/mol. The van der Waals surface area contributed by atoms with E-state index in [1.54, 1.807) is 0 Å². The summed E-state index contributed by atoms with van der Waals surface area (Å²) < 4.78 is 0. The van der Waals surface area contributed by atoms with Gasteiger partial charge in [0.05, 0.1) is 0 Å². The highest BCUT2D eigenvalue weighted by Crippen LogP contribution is 2.48. The van der Waals surface area contributed by atoms with Crippen LogP contribution in [0.1, 0.15) is 46.3 Å². The molecule has 0 saturated heterocycles. The zero-order valence-electron chi connectivity index (χ0n) is 12.0. The molecule has 0 unspecified atom stereocenters. The van der Waals surface area contributed by atoms with Gasteiger partial charge in [-0.1, -0.05) is 17.7 Å². The van der Waals surface area contributed by atoms with Crippen molar-refractivity contribution in [3.8, 4) is 0 Å². The molecule has 1 aromatic rings. The lowest BCUT2D eigenvalue weighted by molar-refractivity contribution is 0.0943. The smallest absolute Gasteiger partial charge is 0.251 e. The Hall–Kier alpha value is -1.02. The minimum absolute atomic E-state index is 0.0517. The quantitative estimate of drug-likeness (QED) is 0.817. The maximum absolute atomic E-state index is 12.3. The van der Waals surface area contributed by atoms with Gasteiger partial charge in [0.2, 0.25) is 0 Å². The van der Waals surface area contributed by atoms with E-state index in [9.17, 15) is 4.79 Å². The van der Waals surface area contributed by atoms with E-state index >= 15 is 0 Å². The Kier molecular flexibility index (Phi) is 4.19. The Bertz CT molecular complexity index is 469. The number of hydrogen-bond donors (Lipinski definition) is 1. The Morgan fingerprint density at radius 1 is 1.26 bits per heavy atom. The van der Waals surface area contributed by atoms with Crippen LogP contribution in [0.15, 0.2) is 12.1 Å². The highest BCUT2D eigenvalue weighted by atomic mass is 35.5. The molecule has 1 amide bonds. The highest BCUT2D eigenvalue weighted by molar-refractivity contribution is 6.17. The van der Waals surface area contributed by atoms with Gasteiger partial charge < -0.3 is 5.32 Å². The third-order valence-electron chi connectivity index (χ3n) is 4.11. The van der Waals surface area contributed by atoms with E-state index in [1.807, 2.05) is 13.8 Å². The second-order valence-electron chi connectivity index (χ2n) is 5.90. The van der Waals surface area contributed by atoms with E-state index in [-0.39, 0.29) is 11.3 Å². The molecule has 0 aromatic heterocycles. The van der Waals surface area contributed by atoms with Gasteiger partial charge in [-0.05, 0) is 56.6 Å². The maximum atomic E-state index is 12.3. The van der Waals surface area contributed by atoms with Crippen molar-refractivity contribution in [1.29, 1.82) is 0 Å². The first-order chi connectivity index (χ1) is 8.97. The molecule has 0 bridgehead atoms. The van der Waals surface area contributed by atoms with Crippen LogP contribution in [0.2, 0.25) is 0 Å². The molecule has 19 heavy (non-hydrogen) atoms. The van der Waals surface area contributed by atoms with Crippen molar-refractivity contribution in [2.45, 2.75) is 40.0 Å². The normalized spacial score (nSPS) is 16.2. The molecule has 2 rings (SSSR count). The Morgan fingerprint density at radius 3 is 2.32 bits per heavy atom. The van der Waals surface area contributed by atoms with Gasteiger partial charge in [-0.2, -0.15) is 0 Å². The number of aryl methyl sites for hydroxylation is 3. The van der Waals surface area contributed by atoms with Crippen LogP contribution in [0, 0.1) is 26.2 Å². The second kappa shape index (κ2) is 5.54. The number of rotatable bonds is 5. The molecule has 0 heterocycles. The third-order valence-corrected chi connectivity index (χ3v) is 4.30. The molecule has 104 valence electrons. The summed E-state index contributed by atoms with van der Waals surface area (Å²) in [6.45, 7) is 6.81. The maximum Gasteiger partial charge on any atom is 0.251 e. The summed E-state index contributed by atoms with van der Waals surface area (Å²) in [5, 5.41) is 3.09. The molecule has 1 fully saturated rings. The van der Waals surface area contributed by atoms with E-state index in [2.05, 4.69) is 24.4 Å². The van der Waals surface area contributed by atoms with Crippen LogP contribution in [0.3, 0.4) is 0 Å². The molecule has 0 atom stereocenters. The lowest BCUT2D eigenvalue weighted by Gasteiger charge is -2.16. The fourth-order valence-corrected chi connectivity index (χ4v) is 3.19. The van der Waals surface area contributed by atoms with Crippen molar-refractivity contribution in [1.82, 2.24) is 5.32 Å². The van der Waals surface area contributed by atoms with Gasteiger partial charge in [-0.25, -0.2) is 0 Å². The van der Waals surface area contributed by atoms with Crippen molar-refractivity contribution in [3.05, 3.63) is 34.4 Å². The summed E-state index contributed by atoms with van der Waals surface area (Å²) in [5.74, 6) is 0.731. The predicted octanol–water partition coefficient (Wildman–Crippen LogP) is 3.75. The Morgan fingerprint density at radius 2 is 1.84 bits per heavy atom. The number of benzene rings is 1. The molecule has 1 aliphatic carbocycles. The molecule has 2 nitrogen and oxygen atoms in total. The SMILES string of the molecule is Cc1cc(C)c(C(=O)NCC2(CCCl)CC2)c(C)c1. The van der Waals surface area contributed by atoms with E-state index in [0.29, 0.717) is 5.88 Å². The van der Waals surface area contributed by atoms with Gasteiger partial charge >= 0.3 is 0 Å². The number of carbonyl (C=O) groups is 1. The van der Waals surface area contributed by atoms with Crippen LogP contribution in [0.4, 0.5) is 0 Å². The van der Waals surface area contributed by atoms with Crippen LogP contribution < -0.4 is 5.32 Å². The zero-order valence-corrected chi connectivity index (χ0v) is 12.7. The van der Waals surface area contributed by atoms with E-state index in [0.717, 1.165) is 29.7 Å². The van der Waals surface area contributed by atoms with Crippen molar-refractivity contribution in [3.63, 3.8) is 0 Å². The second-order valence-corrected chi connectivity index (χ2v) is 6.27. The molecule has 0 radical (unpaired) electrons. The minimum atomic E-state index is 0.0517. The van der Waals surface area contributed by atoms with Gasteiger partial charge in [-0.3, -0.25) is 4.79 Å². The summed E-state index contributed by atoms with van der Waals surface area (Å²) in [7, 11) is 0. The topological polar surface area (TPSA) is 29.1 Å². The summed E-state index contributed by atoms with van der Waals surface area (Å²) >= 11 is 5.81. The van der Waals surface area contributed by atoms with Gasteiger partial charge in [0.1, 0.15) is 0 Å². The molecular formula is C16H22ClNO. The van der Waals surface area contributed by atoms with Gasteiger partial charge in [0, 0.05) is 18.0 Å². The summed E-state index contributed by atoms with van der Waals surface area (Å²) in [4.78, 5) is 12.3. The van der Waals surface area contributed by atoms with Gasteiger partial charge in [-0.15, -0.1) is 11.6 Å². The van der Waals surface area contributed by atoms with Gasteiger partial charge in [0.25, 0.3) is 5.91 Å². The third kappa shape index (κ3) is 3.30. The highest BCUT2D eigenvalue weighted by Gasteiger charge is 2.41. The average Bonchev–Trinajstić information content (AvgIpc) is 3.06. The lowest BCUT2D eigenvalue weighted by Crippen LogP contribution is -2.31. The van der Waals surface area contributed by atoms with E-state index < -0.39 is 0 Å². The number of halogens is 1. The van der Waals surface area contributed by atoms with Crippen molar-refractivity contribution < 1.29 is 4.79 Å². The molecular weight excluding hydrogens is 258 g/mol. The zero-order chi connectivity index (χ0) is 14.0. The van der Waals surface area contributed by atoms with Crippen molar-refractivity contribution >= 4 is 17.5 Å². The fraction of sp³-hybridized carbons (Fsp3) is 0.562. The molecule has 3 heteroatoms. The number of alkyl halides is 1. The Labute approximate surface area is 120 Å². The first-order valence-electron chi connectivity index (χ1n) is 6.89. The number of nitrogens with one attached hydrogen (secondary N) is 1. The van der Waals surface area contributed by atoms with Crippen molar-refractivity contribution in [2.75, 3.05) is 12.4 Å². The van der Waals surface area contributed by atoms with Crippen LogP contribution in [0.5, 0.6) is 0 Å². The van der Waals surface area contributed by atoms with Gasteiger partial charge in [0.15, 0.2) is 0 Å². The molecule has 1 saturated carbocycles. The van der Waals surface area contributed by atoms with Crippen LogP contribution in [-0.4, -0.2) is 18.3 Å². The van der Waals surface area contributed by atoms with Crippen LogP contribution in [0.25, 0.3) is 0 Å². The number of amides is 1. The largest absolute Gasteiger partial charge is 0.351 e. The average molecular weight is 280 g/mol. The number of carbonyl (C=O) groups excluding carboxylic acids is 1. The fourth-order valence-electron chi connectivity index (χ4n) is 2.79. The first-order valence-corrected chi connectivity index (χ1v) is 7.43. The Balaban J connectivity index is 2.05. The molecule has 0 spiro atoms. The molecule has 1 aromatic carbocycles. The first kappa shape index (κ1) is 14.4. The van der Waals surface area contributed by atoms with E-state index in [1.165, 1.54) is 18.4 Å². The van der Waals surface area contributed by atoms with E-state index in [4.69, 9.17) is 11.6 Å². The minimum Gasteiger partial charge on any atom is -0.351 e. The number of hydrogen-bond acceptors (Lipinski definition) is 1. The molecule has 1 aliphatic rings. The van der Waals surface area contributed by atoms with Crippen molar-refractivity contribution in [2.24, 2.45) is 5.41 Å². The molecule has 1 N–H and O–H groups in total. The summed E-state index contributed by atoms with van der Waals surface area (Å²) in [5.41, 5.74) is 4.42. The standard InChI is InChI=1S/C16H22ClNO/c1-11-8-12(2)14(13(3)9-11)15(19)18-10-16(4-5-16)6-7-17/h8-9H,4-7,10H2,1-3H3,(H,18,19). The van der Waals surface area contributed by atoms with Crippen LogP contribution >= 0.6 is 11.6 Å². The molecule has 0 aliphatic heterocycles. The lowest BCUT2D eigenvalue weighted by atomic mass is 9.98.